The van der Waals surface area contributed by atoms with Crippen molar-refractivity contribution in [3.8, 4) is 11.5 Å². The van der Waals surface area contributed by atoms with Crippen LogP contribution in [0.4, 0.5) is 4.79 Å². The summed E-state index contributed by atoms with van der Waals surface area (Å²) in [6, 6.07) is 3.22. The molecule has 2 fully saturated rings. The number of benzene rings is 1. The number of fused-ring (bicyclic) bond motifs is 1. The molecule has 3 aliphatic rings. The van der Waals surface area contributed by atoms with Crippen LogP contribution < -0.4 is 14.8 Å². The minimum atomic E-state index is -0.746. The summed E-state index contributed by atoms with van der Waals surface area (Å²) in [7, 11) is 0. The van der Waals surface area contributed by atoms with Gasteiger partial charge >= 0.3 is 6.03 Å². The Balaban J connectivity index is 1.59. The van der Waals surface area contributed by atoms with Gasteiger partial charge in [0, 0.05) is 6.42 Å². The Bertz CT molecular complexity index is 753. The first-order chi connectivity index (χ1) is 12.5. The van der Waals surface area contributed by atoms with E-state index >= 15 is 0 Å². The molecule has 1 saturated heterocycles. The standard InChI is InChI=1S/C19H23ClN2O4/c1-12-5-2-3-6-19(12)17(23)22(18(24)21-19)11-13-9-14(20)16-15(10-13)25-7-4-8-26-16/h9-10,12H,2-8,11H2,1H3,(H,21,24)/t12-,19-/m0/s1. The summed E-state index contributed by atoms with van der Waals surface area (Å²) < 4.78 is 11.3. The number of amides is 3. The lowest BCUT2D eigenvalue weighted by Crippen LogP contribution is -2.53. The summed E-state index contributed by atoms with van der Waals surface area (Å²) in [5.74, 6) is 1.11. The zero-order chi connectivity index (χ0) is 18.3. The van der Waals surface area contributed by atoms with Gasteiger partial charge in [-0.25, -0.2) is 4.79 Å². The normalized spacial score (nSPS) is 28.2. The van der Waals surface area contributed by atoms with E-state index < -0.39 is 5.54 Å². The fourth-order valence-corrected chi connectivity index (χ4v) is 4.48. The first-order valence-corrected chi connectivity index (χ1v) is 9.61. The van der Waals surface area contributed by atoms with Gasteiger partial charge in [0.05, 0.1) is 24.8 Å². The third-order valence-electron chi connectivity index (χ3n) is 5.70. The van der Waals surface area contributed by atoms with E-state index in [1.807, 2.05) is 13.0 Å². The number of carbonyl (C=O) groups is 2. The lowest BCUT2D eigenvalue weighted by atomic mass is 9.73. The summed E-state index contributed by atoms with van der Waals surface area (Å²) in [5, 5.41) is 3.41. The largest absolute Gasteiger partial charge is 0.489 e. The van der Waals surface area contributed by atoms with Crippen LogP contribution in [0.25, 0.3) is 0 Å². The van der Waals surface area contributed by atoms with Crippen molar-refractivity contribution in [2.24, 2.45) is 5.92 Å². The minimum absolute atomic E-state index is 0.127. The van der Waals surface area contributed by atoms with Gasteiger partial charge in [-0.15, -0.1) is 0 Å². The molecular weight excluding hydrogens is 356 g/mol. The van der Waals surface area contributed by atoms with Crippen molar-refractivity contribution >= 4 is 23.5 Å². The second kappa shape index (κ2) is 6.65. The van der Waals surface area contributed by atoms with Gasteiger partial charge in [-0.05, 0) is 36.5 Å². The lowest BCUT2D eigenvalue weighted by Gasteiger charge is -2.36. The van der Waals surface area contributed by atoms with Crippen LogP contribution in [-0.4, -0.2) is 35.6 Å². The monoisotopic (exact) mass is 378 g/mol. The zero-order valence-corrected chi connectivity index (χ0v) is 15.6. The molecule has 1 aromatic carbocycles. The molecule has 1 saturated carbocycles. The van der Waals surface area contributed by atoms with Crippen LogP contribution in [-0.2, 0) is 11.3 Å². The quantitative estimate of drug-likeness (QED) is 0.800. The summed E-state index contributed by atoms with van der Waals surface area (Å²) >= 11 is 6.33. The smallest absolute Gasteiger partial charge is 0.325 e. The van der Waals surface area contributed by atoms with Crippen LogP contribution in [0.1, 0.15) is 44.6 Å². The summed E-state index contributed by atoms with van der Waals surface area (Å²) in [5.41, 5.74) is 0.00741. The van der Waals surface area contributed by atoms with Crippen molar-refractivity contribution in [2.45, 2.75) is 51.1 Å². The molecule has 2 heterocycles. The van der Waals surface area contributed by atoms with E-state index in [2.05, 4.69) is 5.32 Å². The molecule has 1 aromatic rings. The molecule has 0 radical (unpaired) electrons. The minimum Gasteiger partial charge on any atom is -0.489 e. The second-order valence-corrected chi connectivity index (χ2v) is 7.80. The molecule has 0 aromatic heterocycles. The van der Waals surface area contributed by atoms with E-state index in [1.165, 1.54) is 4.90 Å². The molecule has 7 heteroatoms. The number of hydrogen-bond donors (Lipinski definition) is 1. The van der Waals surface area contributed by atoms with Crippen LogP contribution in [0.3, 0.4) is 0 Å². The van der Waals surface area contributed by atoms with Crippen LogP contribution in [0.2, 0.25) is 5.02 Å². The average Bonchev–Trinajstić information content (AvgIpc) is 2.79. The number of imide groups is 1. The number of halogens is 1. The van der Waals surface area contributed by atoms with E-state index in [-0.39, 0.29) is 24.4 Å². The highest BCUT2D eigenvalue weighted by atomic mass is 35.5. The summed E-state index contributed by atoms with van der Waals surface area (Å²) in [6.45, 7) is 3.33. The van der Waals surface area contributed by atoms with E-state index in [0.717, 1.165) is 31.2 Å². The average molecular weight is 379 g/mol. The van der Waals surface area contributed by atoms with Gasteiger partial charge < -0.3 is 14.8 Å². The highest BCUT2D eigenvalue weighted by Gasteiger charge is 2.54. The Morgan fingerprint density at radius 1 is 1.23 bits per heavy atom. The number of carbonyl (C=O) groups excluding carboxylic acids is 2. The molecule has 0 bridgehead atoms. The Labute approximate surface area is 157 Å². The van der Waals surface area contributed by atoms with Crippen LogP contribution >= 0.6 is 11.6 Å². The third-order valence-corrected chi connectivity index (χ3v) is 5.98. The predicted octanol–water partition coefficient (Wildman–Crippen LogP) is 3.50. The molecule has 6 nitrogen and oxygen atoms in total. The number of ether oxygens (including phenoxy) is 2. The second-order valence-electron chi connectivity index (χ2n) is 7.40. The first kappa shape index (κ1) is 17.5. The number of nitrogens with one attached hydrogen (secondary N) is 1. The Morgan fingerprint density at radius 2 is 2.04 bits per heavy atom. The Morgan fingerprint density at radius 3 is 2.85 bits per heavy atom. The van der Waals surface area contributed by atoms with E-state index in [4.69, 9.17) is 21.1 Å². The highest BCUT2D eigenvalue weighted by Crippen LogP contribution is 2.41. The zero-order valence-electron chi connectivity index (χ0n) is 14.8. The van der Waals surface area contributed by atoms with Crippen LogP contribution in [0.5, 0.6) is 11.5 Å². The Kier molecular flexibility index (Phi) is 4.47. The fraction of sp³-hybridized carbons (Fsp3) is 0.579. The molecule has 1 aliphatic carbocycles. The molecule has 1 N–H and O–H groups in total. The number of urea groups is 1. The topological polar surface area (TPSA) is 67.9 Å². The van der Waals surface area contributed by atoms with Gasteiger partial charge in [-0.2, -0.15) is 0 Å². The summed E-state index contributed by atoms with van der Waals surface area (Å²) in [6.07, 6.45) is 4.50. The summed E-state index contributed by atoms with van der Waals surface area (Å²) in [4.78, 5) is 26.9. The van der Waals surface area contributed by atoms with Gasteiger partial charge in [0.2, 0.25) is 0 Å². The molecular formula is C19H23ClN2O4. The first-order valence-electron chi connectivity index (χ1n) is 9.23. The van der Waals surface area contributed by atoms with E-state index in [1.54, 1.807) is 6.07 Å². The molecule has 140 valence electrons. The fourth-order valence-electron chi connectivity index (χ4n) is 4.20. The number of rotatable bonds is 2. The predicted molar refractivity (Wildman–Crippen MR) is 96.5 cm³/mol. The molecule has 4 rings (SSSR count). The van der Waals surface area contributed by atoms with Crippen molar-refractivity contribution in [1.29, 1.82) is 0 Å². The van der Waals surface area contributed by atoms with E-state index in [0.29, 0.717) is 36.2 Å². The number of hydrogen-bond acceptors (Lipinski definition) is 4. The van der Waals surface area contributed by atoms with Crippen molar-refractivity contribution < 1.29 is 19.1 Å². The maximum absolute atomic E-state index is 13.1. The van der Waals surface area contributed by atoms with Crippen LogP contribution in [0.15, 0.2) is 12.1 Å². The van der Waals surface area contributed by atoms with Gasteiger partial charge in [-0.3, -0.25) is 9.69 Å². The van der Waals surface area contributed by atoms with Gasteiger partial charge in [0.1, 0.15) is 5.54 Å². The molecule has 1 spiro atoms. The molecule has 3 amide bonds. The molecule has 2 atom stereocenters. The maximum Gasteiger partial charge on any atom is 0.325 e. The van der Waals surface area contributed by atoms with Gasteiger partial charge in [0.25, 0.3) is 5.91 Å². The van der Waals surface area contributed by atoms with Gasteiger partial charge in [0.15, 0.2) is 11.5 Å². The van der Waals surface area contributed by atoms with Gasteiger partial charge in [-0.1, -0.05) is 31.4 Å². The van der Waals surface area contributed by atoms with Crippen molar-refractivity contribution in [1.82, 2.24) is 10.2 Å². The molecule has 26 heavy (non-hydrogen) atoms. The SMILES string of the molecule is C[C@H]1CCCC[C@]12NC(=O)N(Cc1cc(Cl)c3c(c1)OCCCO3)C2=O. The lowest BCUT2D eigenvalue weighted by molar-refractivity contribution is -0.134. The number of nitrogens with zero attached hydrogens (tertiary/aromatic N) is 1. The van der Waals surface area contributed by atoms with E-state index in [9.17, 15) is 9.59 Å². The van der Waals surface area contributed by atoms with Crippen molar-refractivity contribution in [3.63, 3.8) is 0 Å². The Hall–Kier alpha value is -1.95. The maximum atomic E-state index is 13.1. The van der Waals surface area contributed by atoms with Crippen molar-refractivity contribution in [3.05, 3.63) is 22.7 Å². The highest BCUT2D eigenvalue weighted by molar-refractivity contribution is 6.32. The third kappa shape index (κ3) is 2.80. The molecule has 2 aliphatic heterocycles. The van der Waals surface area contributed by atoms with Crippen LogP contribution in [0, 0.1) is 5.92 Å². The van der Waals surface area contributed by atoms with Crippen molar-refractivity contribution in [2.75, 3.05) is 13.2 Å². The molecule has 0 unspecified atom stereocenters.